The Bertz CT molecular complexity index is 640. The minimum absolute atomic E-state index is 0.241. The third-order valence-corrected chi connectivity index (χ3v) is 7.76. The van der Waals surface area contributed by atoms with Crippen LogP contribution < -0.4 is 5.32 Å². The topological polar surface area (TPSA) is 64.6 Å². The van der Waals surface area contributed by atoms with Crippen LogP contribution in [0.15, 0.2) is 24.3 Å². The van der Waals surface area contributed by atoms with Gasteiger partial charge in [-0.2, -0.15) is 0 Å². The minimum atomic E-state index is -3.35. The van der Waals surface area contributed by atoms with Gasteiger partial charge in [0.15, 0.2) is 0 Å². The summed E-state index contributed by atoms with van der Waals surface area (Å²) < 4.78 is 22.9. The molecule has 5 nitrogen and oxygen atoms in total. The van der Waals surface area contributed by atoms with E-state index in [4.69, 9.17) is 9.05 Å². The van der Waals surface area contributed by atoms with Crippen molar-refractivity contribution in [1.29, 1.82) is 0 Å². The Morgan fingerprint density at radius 1 is 0.900 bits per heavy atom. The lowest BCUT2D eigenvalue weighted by molar-refractivity contribution is -0.119. The molecule has 0 aromatic heterocycles. The summed E-state index contributed by atoms with van der Waals surface area (Å²) in [5.74, 6) is 0.336. The van der Waals surface area contributed by atoms with E-state index < -0.39 is 7.60 Å². The highest BCUT2D eigenvalue weighted by Gasteiger charge is 2.27. The molecular formula is C24H40NO4P. The van der Waals surface area contributed by atoms with Gasteiger partial charge in [0, 0.05) is 6.54 Å². The number of nitrogens with one attached hydrogen (secondary N) is 1. The summed E-state index contributed by atoms with van der Waals surface area (Å²) in [5, 5.41) is 2.84. The molecule has 1 amide bonds. The van der Waals surface area contributed by atoms with Crippen LogP contribution >= 0.6 is 7.60 Å². The van der Waals surface area contributed by atoms with Crippen LogP contribution in [0.25, 0.3) is 0 Å². The van der Waals surface area contributed by atoms with Crippen molar-refractivity contribution in [3.63, 3.8) is 0 Å². The summed E-state index contributed by atoms with van der Waals surface area (Å²) in [4.78, 5) is 12.2. The highest BCUT2D eigenvalue weighted by atomic mass is 31.2. The SMILES string of the molecule is CCOP(=O)(CC(=O)NCc1ccc(C2CCCCCCCCCC2)cc1)OCC. The average molecular weight is 438 g/mol. The van der Waals surface area contributed by atoms with Gasteiger partial charge in [-0.3, -0.25) is 9.36 Å². The summed E-state index contributed by atoms with van der Waals surface area (Å²) in [6.07, 6.45) is 13.2. The lowest BCUT2D eigenvalue weighted by Gasteiger charge is -2.18. The van der Waals surface area contributed by atoms with Crippen LogP contribution in [0.1, 0.15) is 95.1 Å². The van der Waals surface area contributed by atoms with Gasteiger partial charge in [0.1, 0.15) is 6.16 Å². The summed E-state index contributed by atoms with van der Waals surface area (Å²) in [6, 6.07) is 8.64. The van der Waals surface area contributed by atoms with E-state index >= 15 is 0 Å². The van der Waals surface area contributed by atoms with Crippen molar-refractivity contribution < 1.29 is 18.4 Å². The number of carbonyl (C=O) groups is 1. The molecule has 0 bridgehead atoms. The van der Waals surface area contributed by atoms with Crippen LogP contribution in [0.2, 0.25) is 0 Å². The monoisotopic (exact) mass is 437 g/mol. The van der Waals surface area contributed by atoms with Gasteiger partial charge in [0.05, 0.1) is 13.2 Å². The van der Waals surface area contributed by atoms with Crippen molar-refractivity contribution in [3.8, 4) is 0 Å². The van der Waals surface area contributed by atoms with Gasteiger partial charge < -0.3 is 14.4 Å². The van der Waals surface area contributed by atoms with Crippen molar-refractivity contribution in [2.45, 2.75) is 90.5 Å². The molecule has 1 aromatic carbocycles. The molecule has 0 spiro atoms. The zero-order valence-electron chi connectivity index (χ0n) is 18.9. The Kier molecular flexibility index (Phi) is 11.7. The molecule has 1 N–H and O–H groups in total. The Labute approximate surface area is 182 Å². The van der Waals surface area contributed by atoms with E-state index in [0.717, 1.165) is 5.56 Å². The van der Waals surface area contributed by atoms with Gasteiger partial charge in [0.25, 0.3) is 0 Å². The molecule has 0 aliphatic heterocycles. The van der Waals surface area contributed by atoms with Crippen LogP contribution in [0.4, 0.5) is 0 Å². The van der Waals surface area contributed by atoms with Gasteiger partial charge in [-0.1, -0.05) is 75.6 Å². The second-order valence-electron chi connectivity index (χ2n) is 8.23. The maximum atomic E-state index is 12.5. The summed E-state index contributed by atoms with van der Waals surface area (Å²) >= 11 is 0. The number of hydrogen-bond acceptors (Lipinski definition) is 4. The van der Waals surface area contributed by atoms with E-state index in [9.17, 15) is 9.36 Å². The maximum Gasteiger partial charge on any atom is 0.340 e. The van der Waals surface area contributed by atoms with Crippen molar-refractivity contribution in [1.82, 2.24) is 5.32 Å². The lowest BCUT2D eigenvalue weighted by atomic mass is 9.88. The first-order chi connectivity index (χ1) is 14.6. The fraction of sp³-hybridized carbons (Fsp3) is 0.708. The zero-order valence-corrected chi connectivity index (χ0v) is 19.8. The predicted molar refractivity (Wildman–Crippen MR) is 123 cm³/mol. The molecule has 1 saturated carbocycles. The van der Waals surface area contributed by atoms with Crippen LogP contribution in [-0.2, 0) is 25.0 Å². The molecule has 0 heterocycles. The molecule has 6 heteroatoms. The van der Waals surface area contributed by atoms with E-state index in [2.05, 4.69) is 29.6 Å². The van der Waals surface area contributed by atoms with Crippen LogP contribution in [0, 0.1) is 0 Å². The molecule has 1 fully saturated rings. The highest BCUT2D eigenvalue weighted by Crippen LogP contribution is 2.47. The second kappa shape index (κ2) is 14.0. The molecule has 1 aliphatic carbocycles. The quantitative estimate of drug-likeness (QED) is 0.444. The molecule has 0 atom stereocenters. The first kappa shape index (κ1) is 25.1. The summed E-state index contributed by atoms with van der Waals surface area (Å²) in [6.45, 7) is 4.42. The van der Waals surface area contributed by atoms with E-state index in [1.165, 1.54) is 69.8 Å². The second-order valence-corrected chi connectivity index (χ2v) is 10.3. The molecule has 0 unspecified atom stereocenters. The van der Waals surface area contributed by atoms with Gasteiger partial charge >= 0.3 is 7.60 Å². The lowest BCUT2D eigenvalue weighted by Crippen LogP contribution is -2.26. The Balaban J connectivity index is 1.86. The largest absolute Gasteiger partial charge is 0.351 e. The molecule has 30 heavy (non-hydrogen) atoms. The summed E-state index contributed by atoms with van der Waals surface area (Å²) in [5.41, 5.74) is 2.47. The van der Waals surface area contributed by atoms with Gasteiger partial charge in [-0.05, 0) is 43.7 Å². The molecule has 2 rings (SSSR count). The van der Waals surface area contributed by atoms with E-state index in [-0.39, 0.29) is 25.3 Å². The van der Waals surface area contributed by atoms with E-state index in [1.807, 2.05) is 0 Å². The van der Waals surface area contributed by atoms with Gasteiger partial charge in [-0.15, -0.1) is 0 Å². The highest BCUT2D eigenvalue weighted by molar-refractivity contribution is 7.54. The van der Waals surface area contributed by atoms with Gasteiger partial charge in [0.2, 0.25) is 5.91 Å². The smallest absolute Gasteiger partial charge is 0.340 e. The molecule has 1 aromatic rings. The third-order valence-electron chi connectivity index (χ3n) is 5.78. The number of benzene rings is 1. The van der Waals surface area contributed by atoms with Crippen molar-refractivity contribution in [3.05, 3.63) is 35.4 Å². The average Bonchev–Trinajstić information content (AvgIpc) is 2.78. The Morgan fingerprint density at radius 3 is 1.90 bits per heavy atom. The van der Waals surface area contributed by atoms with Crippen molar-refractivity contribution in [2.24, 2.45) is 0 Å². The van der Waals surface area contributed by atoms with Crippen LogP contribution in [-0.4, -0.2) is 25.3 Å². The van der Waals surface area contributed by atoms with E-state index in [1.54, 1.807) is 13.8 Å². The first-order valence-corrected chi connectivity index (χ1v) is 13.5. The fourth-order valence-electron chi connectivity index (χ4n) is 4.18. The van der Waals surface area contributed by atoms with Crippen molar-refractivity contribution >= 4 is 13.5 Å². The fourth-order valence-corrected chi connectivity index (χ4v) is 5.69. The molecular weight excluding hydrogens is 397 g/mol. The predicted octanol–water partition coefficient (Wildman–Crippen LogP) is 6.57. The normalized spacial score (nSPS) is 17.3. The minimum Gasteiger partial charge on any atom is -0.351 e. The maximum absolute atomic E-state index is 12.5. The number of rotatable bonds is 9. The number of carbonyl (C=O) groups excluding carboxylic acids is 1. The first-order valence-electron chi connectivity index (χ1n) is 11.8. The van der Waals surface area contributed by atoms with Crippen LogP contribution in [0.3, 0.4) is 0 Å². The zero-order chi connectivity index (χ0) is 21.7. The molecule has 170 valence electrons. The molecule has 0 saturated heterocycles. The van der Waals surface area contributed by atoms with Crippen LogP contribution in [0.5, 0.6) is 0 Å². The molecule has 1 aliphatic rings. The third kappa shape index (κ3) is 9.32. The summed E-state index contributed by atoms with van der Waals surface area (Å²) in [7, 11) is -3.35. The Hall–Kier alpha value is -1.16. The number of amides is 1. The van der Waals surface area contributed by atoms with Crippen molar-refractivity contribution in [2.75, 3.05) is 19.4 Å². The van der Waals surface area contributed by atoms with E-state index in [0.29, 0.717) is 12.5 Å². The van der Waals surface area contributed by atoms with Gasteiger partial charge in [-0.25, -0.2) is 0 Å². The standard InChI is InChI=1S/C24H40NO4P/c1-3-28-30(27,29-4-2)20-24(26)25-19-21-15-17-23(18-16-21)22-13-11-9-7-5-6-8-10-12-14-22/h15-18,22H,3-14,19-20H2,1-2H3,(H,25,26). The molecule has 0 radical (unpaired) electrons. The Morgan fingerprint density at radius 2 is 1.40 bits per heavy atom. The number of hydrogen-bond donors (Lipinski definition) is 1.